The quantitative estimate of drug-likeness (QED) is 0.600. The summed E-state index contributed by atoms with van der Waals surface area (Å²) >= 11 is 0.102. The Morgan fingerprint density at radius 3 is 2.78 bits per heavy atom. The molecule has 1 saturated carbocycles. The maximum absolute atomic E-state index is 12.4. The van der Waals surface area contributed by atoms with E-state index in [4.69, 9.17) is 4.74 Å². The number of pyridine rings is 1. The van der Waals surface area contributed by atoms with Gasteiger partial charge in [-0.2, -0.15) is 8.78 Å². The van der Waals surface area contributed by atoms with Crippen molar-refractivity contribution in [3.63, 3.8) is 0 Å². The fourth-order valence-corrected chi connectivity index (χ4v) is 2.11. The minimum absolute atomic E-state index is 0.0784. The molecule has 3 amide bonds. The first kappa shape index (κ1) is 17.1. The van der Waals surface area contributed by atoms with Crippen LogP contribution < -0.4 is 10.6 Å². The maximum Gasteiger partial charge on any atom is 0.341 e. The predicted octanol–water partition coefficient (Wildman–Crippen LogP) is 1.54. The number of carbonyl (C=O) groups excluding carboxylic acids is 3. The van der Waals surface area contributed by atoms with Gasteiger partial charge >= 0.3 is 12.0 Å². The Bertz CT molecular complexity index is 611. The van der Waals surface area contributed by atoms with Gasteiger partial charge in [0.2, 0.25) is 0 Å². The second-order valence-corrected chi connectivity index (χ2v) is 5.59. The molecule has 0 spiro atoms. The average molecular weight is 345 g/mol. The van der Waals surface area contributed by atoms with Crippen molar-refractivity contribution in [3.8, 4) is 0 Å². The van der Waals surface area contributed by atoms with Crippen LogP contribution in [0, 0.1) is 0 Å². The van der Waals surface area contributed by atoms with Crippen molar-refractivity contribution in [2.24, 2.45) is 0 Å². The van der Waals surface area contributed by atoms with Crippen molar-refractivity contribution in [1.82, 2.24) is 15.6 Å². The summed E-state index contributed by atoms with van der Waals surface area (Å²) in [4.78, 5) is 38.3. The van der Waals surface area contributed by atoms with Crippen LogP contribution in [0.1, 0.15) is 23.2 Å². The number of alkyl halides is 2. The molecule has 2 N–H and O–H groups in total. The molecule has 0 radical (unpaired) electrons. The predicted molar refractivity (Wildman–Crippen MR) is 76.1 cm³/mol. The molecular formula is C13H13F2N3O4S. The van der Waals surface area contributed by atoms with E-state index in [1.165, 1.54) is 18.3 Å². The molecule has 1 heterocycles. The average Bonchev–Trinajstić information content (AvgIpc) is 3.28. The molecule has 0 atom stereocenters. The van der Waals surface area contributed by atoms with Crippen LogP contribution in [0.25, 0.3) is 0 Å². The van der Waals surface area contributed by atoms with Gasteiger partial charge in [0.05, 0.1) is 5.56 Å². The molecule has 10 heteroatoms. The summed E-state index contributed by atoms with van der Waals surface area (Å²) in [7, 11) is 0. The number of amides is 3. The smallest absolute Gasteiger partial charge is 0.341 e. The largest absolute Gasteiger partial charge is 0.452 e. The number of halogens is 2. The van der Waals surface area contributed by atoms with Crippen LogP contribution in [-0.2, 0) is 9.53 Å². The number of thioether (sulfide) groups is 1. The molecule has 1 aliphatic carbocycles. The van der Waals surface area contributed by atoms with Crippen LogP contribution in [0.15, 0.2) is 23.4 Å². The highest BCUT2D eigenvalue weighted by atomic mass is 32.2. The highest BCUT2D eigenvalue weighted by Gasteiger charge is 2.24. The SMILES string of the molecule is O=C(COC(=O)c1cccnc1SC(F)F)NC(=O)NC1CC1. The molecule has 23 heavy (non-hydrogen) atoms. The van der Waals surface area contributed by atoms with Gasteiger partial charge in [0, 0.05) is 12.2 Å². The van der Waals surface area contributed by atoms with Crippen molar-refractivity contribution in [2.75, 3.05) is 6.61 Å². The van der Waals surface area contributed by atoms with Gasteiger partial charge in [-0.25, -0.2) is 14.6 Å². The Labute approximate surface area is 134 Å². The summed E-state index contributed by atoms with van der Waals surface area (Å²) in [6.07, 6.45) is 2.99. The minimum Gasteiger partial charge on any atom is -0.452 e. The highest BCUT2D eigenvalue weighted by molar-refractivity contribution is 7.99. The lowest BCUT2D eigenvalue weighted by atomic mass is 10.3. The Morgan fingerprint density at radius 1 is 1.39 bits per heavy atom. The second-order valence-electron chi connectivity index (χ2n) is 4.61. The standard InChI is InChI=1S/C13H13F2N3O4S/c14-12(15)23-10-8(2-1-5-16-10)11(20)22-6-9(19)18-13(21)17-7-3-4-7/h1-2,5,7,12H,3-4,6H2,(H2,17,18,19,21). The molecule has 1 aliphatic rings. The Hall–Kier alpha value is -2.23. The number of hydrogen-bond donors (Lipinski definition) is 2. The monoisotopic (exact) mass is 345 g/mol. The molecule has 0 aromatic carbocycles. The van der Waals surface area contributed by atoms with Crippen LogP contribution in [-0.4, -0.2) is 41.3 Å². The van der Waals surface area contributed by atoms with Crippen LogP contribution in [0.3, 0.4) is 0 Å². The third-order valence-electron chi connectivity index (χ3n) is 2.69. The lowest BCUT2D eigenvalue weighted by molar-refractivity contribution is -0.123. The molecule has 2 rings (SSSR count). The summed E-state index contributed by atoms with van der Waals surface area (Å²) in [5.74, 6) is -4.53. The topological polar surface area (TPSA) is 97.4 Å². The zero-order valence-electron chi connectivity index (χ0n) is 11.8. The first-order valence-electron chi connectivity index (χ1n) is 6.63. The van der Waals surface area contributed by atoms with Crippen LogP contribution in [0.2, 0.25) is 0 Å². The molecule has 0 bridgehead atoms. The van der Waals surface area contributed by atoms with Crippen LogP contribution in [0.4, 0.5) is 13.6 Å². The number of carbonyl (C=O) groups is 3. The number of rotatable bonds is 6. The minimum atomic E-state index is -2.74. The summed E-state index contributed by atoms with van der Waals surface area (Å²) in [5.41, 5.74) is -0.173. The van der Waals surface area contributed by atoms with E-state index in [9.17, 15) is 23.2 Å². The Kier molecular flexibility index (Phi) is 5.85. The summed E-state index contributed by atoms with van der Waals surface area (Å²) < 4.78 is 29.5. The molecule has 7 nitrogen and oxygen atoms in total. The van der Waals surface area contributed by atoms with E-state index in [1.54, 1.807) is 0 Å². The number of nitrogens with one attached hydrogen (secondary N) is 2. The van der Waals surface area contributed by atoms with E-state index < -0.39 is 30.3 Å². The fraction of sp³-hybridized carbons (Fsp3) is 0.385. The third kappa shape index (κ3) is 5.81. The second kappa shape index (κ2) is 7.86. The number of urea groups is 1. The van der Waals surface area contributed by atoms with Gasteiger partial charge < -0.3 is 10.1 Å². The lowest BCUT2D eigenvalue weighted by Gasteiger charge is -2.08. The zero-order valence-corrected chi connectivity index (χ0v) is 12.6. The molecule has 1 fully saturated rings. The summed E-state index contributed by atoms with van der Waals surface area (Å²) in [6.45, 7) is -0.704. The van der Waals surface area contributed by atoms with Gasteiger partial charge in [0.15, 0.2) is 6.61 Å². The van der Waals surface area contributed by atoms with Gasteiger partial charge in [-0.1, -0.05) is 0 Å². The van der Waals surface area contributed by atoms with E-state index in [-0.39, 0.29) is 28.4 Å². The van der Waals surface area contributed by atoms with E-state index >= 15 is 0 Å². The Balaban J connectivity index is 1.84. The maximum atomic E-state index is 12.4. The first-order valence-corrected chi connectivity index (χ1v) is 7.51. The van der Waals surface area contributed by atoms with Crippen molar-refractivity contribution in [1.29, 1.82) is 0 Å². The number of hydrogen-bond acceptors (Lipinski definition) is 6. The van der Waals surface area contributed by atoms with Crippen molar-refractivity contribution >= 4 is 29.7 Å². The Morgan fingerprint density at radius 2 is 2.13 bits per heavy atom. The van der Waals surface area contributed by atoms with E-state index in [2.05, 4.69) is 10.3 Å². The van der Waals surface area contributed by atoms with Crippen molar-refractivity contribution < 1.29 is 27.9 Å². The van der Waals surface area contributed by atoms with Crippen LogP contribution in [0.5, 0.6) is 0 Å². The highest BCUT2D eigenvalue weighted by Crippen LogP contribution is 2.26. The molecular weight excluding hydrogens is 332 g/mol. The number of esters is 1. The number of nitrogens with zero attached hydrogens (tertiary/aromatic N) is 1. The zero-order chi connectivity index (χ0) is 16.8. The van der Waals surface area contributed by atoms with Gasteiger partial charge in [0.1, 0.15) is 5.03 Å². The van der Waals surface area contributed by atoms with E-state index in [0.29, 0.717) is 0 Å². The summed E-state index contributed by atoms with van der Waals surface area (Å²) in [6, 6.07) is 2.06. The third-order valence-corrected chi connectivity index (χ3v) is 3.42. The number of ether oxygens (including phenoxy) is 1. The van der Waals surface area contributed by atoms with E-state index in [1.807, 2.05) is 5.32 Å². The molecule has 0 saturated heterocycles. The number of imide groups is 1. The van der Waals surface area contributed by atoms with Crippen LogP contribution >= 0.6 is 11.8 Å². The fourth-order valence-electron chi connectivity index (χ4n) is 1.55. The molecule has 1 aromatic heterocycles. The lowest BCUT2D eigenvalue weighted by Crippen LogP contribution is -2.42. The van der Waals surface area contributed by atoms with Crippen molar-refractivity contribution in [3.05, 3.63) is 23.9 Å². The summed E-state index contributed by atoms with van der Waals surface area (Å²) in [5, 5.41) is 4.33. The molecule has 124 valence electrons. The number of aromatic nitrogens is 1. The first-order chi connectivity index (χ1) is 11.0. The molecule has 0 aliphatic heterocycles. The molecule has 1 aromatic rings. The van der Waals surface area contributed by atoms with E-state index in [0.717, 1.165) is 12.8 Å². The van der Waals surface area contributed by atoms with Gasteiger partial charge in [-0.3, -0.25) is 10.1 Å². The molecule has 0 unspecified atom stereocenters. The van der Waals surface area contributed by atoms with Gasteiger partial charge in [0.25, 0.3) is 11.7 Å². The van der Waals surface area contributed by atoms with Crippen molar-refractivity contribution in [2.45, 2.75) is 29.7 Å². The van der Waals surface area contributed by atoms with Gasteiger partial charge in [-0.05, 0) is 36.7 Å². The normalized spacial score (nSPS) is 13.5. The van der Waals surface area contributed by atoms with Gasteiger partial charge in [-0.15, -0.1) is 0 Å².